The fourth-order valence-electron chi connectivity index (χ4n) is 1.90. The van der Waals surface area contributed by atoms with Crippen LogP contribution in [0.2, 0.25) is 0 Å². The van der Waals surface area contributed by atoms with Crippen molar-refractivity contribution in [1.29, 1.82) is 5.26 Å². The number of esters is 1. The summed E-state index contributed by atoms with van der Waals surface area (Å²) in [6, 6.07) is 8.41. The standard InChI is InChI=1S/C17H21N3O5/c1-3-19-15(21)10-20(4-2)16(22)11-25-17(23)12-24-14-8-6-5-7-13(14)9-18/h5-8H,3-4,10-12H2,1-2H3,(H,19,21). The number of amides is 2. The number of nitriles is 1. The molecule has 0 spiro atoms. The third kappa shape index (κ3) is 6.91. The molecular weight excluding hydrogens is 326 g/mol. The zero-order chi connectivity index (χ0) is 18.7. The van der Waals surface area contributed by atoms with Crippen molar-refractivity contribution < 1.29 is 23.9 Å². The Labute approximate surface area is 146 Å². The minimum atomic E-state index is -0.741. The Morgan fingerprint density at radius 3 is 2.56 bits per heavy atom. The Kier molecular flexibility index (Phi) is 8.50. The van der Waals surface area contributed by atoms with Crippen LogP contribution in [0.25, 0.3) is 0 Å². The van der Waals surface area contributed by atoms with Gasteiger partial charge in [0.25, 0.3) is 5.91 Å². The van der Waals surface area contributed by atoms with Gasteiger partial charge in [-0.25, -0.2) is 4.79 Å². The van der Waals surface area contributed by atoms with E-state index in [-0.39, 0.29) is 18.2 Å². The van der Waals surface area contributed by atoms with E-state index in [1.165, 1.54) is 4.90 Å². The molecule has 8 heteroatoms. The van der Waals surface area contributed by atoms with Gasteiger partial charge >= 0.3 is 5.97 Å². The lowest BCUT2D eigenvalue weighted by Gasteiger charge is -2.20. The second-order valence-electron chi connectivity index (χ2n) is 4.92. The van der Waals surface area contributed by atoms with E-state index >= 15 is 0 Å². The molecule has 0 radical (unpaired) electrons. The van der Waals surface area contributed by atoms with Crippen molar-refractivity contribution in [2.45, 2.75) is 13.8 Å². The number of hydrogen-bond donors (Lipinski definition) is 1. The minimum Gasteiger partial charge on any atom is -0.481 e. The van der Waals surface area contributed by atoms with E-state index in [2.05, 4.69) is 5.32 Å². The molecule has 1 rings (SSSR count). The Hall–Kier alpha value is -3.08. The highest BCUT2D eigenvalue weighted by Crippen LogP contribution is 2.16. The monoisotopic (exact) mass is 347 g/mol. The molecule has 2 amide bonds. The highest BCUT2D eigenvalue weighted by Gasteiger charge is 2.17. The van der Waals surface area contributed by atoms with E-state index in [0.717, 1.165) is 0 Å². The van der Waals surface area contributed by atoms with Crippen molar-refractivity contribution in [3.63, 3.8) is 0 Å². The van der Waals surface area contributed by atoms with Gasteiger partial charge in [-0.15, -0.1) is 0 Å². The van der Waals surface area contributed by atoms with Crippen LogP contribution in [0.5, 0.6) is 5.75 Å². The fourth-order valence-corrected chi connectivity index (χ4v) is 1.90. The molecule has 0 saturated heterocycles. The number of para-hydroxylation sites is 1. The third-order valence-electron chi connectivity index (χ3n) is 3.15. The van der Waals surface area contributed by atoms with E-state index in [1.807, 2.05) is 6.07 Å². The average Bonchev–Trinajstić information content (AvgIpc) is 2.62. The van der Waals surface area contributed by atoms with Gasteiger partial charge in [-0.2, -0.15) is 5.26 Å². The van der Waals surface area contributed by atoms with Gasteiger partial charge in [0.05, 0.1) is 12.1 Å². The maximum absolute atomic E-state index is 12.0. The second kappa shape index (κ2) is 10.6. The predicted molar refractivity (Wildman–Crippen MR) is 88.5 cm³/mol. The zero-order valence-corrected chi connectivity index (χ0v) is 14.3. The van der Waals surface area contributed by atoms with Gasteiger partial charge in [-0.1, -0.05) is 12.1 Å². The number of hydrogen-bond acceptors (Lipinski definition) is 6. The Balaban J connectivity index is 2.43. The van der Waals surface area contributed by atoms with Crippen LogP contribution in [0.4, 0.5) is 0 Å². The highest BCUT2D eigenvalue weighted by atomic mass is 16.6. The van der Waals surface area contributed by atoms with E-state index < -0.39 is 25.1 Å². The molecular formula is C17H21N3O5. The van der Waals surface area contributed by atoms with E-state index in [1.54, 1.807) is 38.1 Å². The summed E-state index contributed by atoms with van der Waals surface area (Å²) in [5, 5.41) is 11.5. The summed E-state index contributed by atoms with van der Waals surface area (Å²) in [6.45, 7) is 3.31. The van der Waals surface area contributed by atoms with Crippen LogP contribution >= 0.6 is 0 Å². The Morgan fingerprint density at radius 1 is 1.20 bits per heavy atom. The smallest absolute Gasteiger partial charge is 0.344 e. The SMILES string of the molecule is CCNC(=O)CN(CC)C(=O)COC(=O)COc1ccccc1C#N. The molecule has 25 heavy (non-hydrogen) atoms. The van der Waals surface area contributed by atoms with Crippen LogP contribution in [0.15, 0.2) is 24.3 Å². The number of carbonyl (C=O) groups is 3. The molecule has 0 atom stereocenters. The first kappa shape index (κ1) is 20.0. The van der Waals surface area contributed by atoms with Crippen molar-refractivity contribution in [1.82, 2.24) is 10.2 Å². The summed E-state index contributed by atoms with van der Waals surface area (Å²) >= 11 is 0. The van der Waals surface area contributed by atoms with Crippen LogP contribution in [0, 0.1) is 11.3 Å². The van der Waals surface area contributed by atoms with Gasteiger partial charge in [-0.3, -0.25) is 9.59 Å². The molecule has 0 aliphatic carbocycles. The summed E-state index contributed by atoms with van der Waals surface area (Å²) in [5.41, 5.74) is 0.297. The van der Waals surface area contributed by atoms with Crippen molar-refractivity contribution >= 4 is 17.8 Å². The lowest BCUT2D eigenvalue weighted by molar-refractivity contribution is -0.154. The number of rotatable bonds is 9. The molecule has 0 fully saturated rings. The quantitative estimate of drug-likeness (QED) is 0.650. The van der Waals surface area contributed by atoms with Crippen LogP contribution in [0.1, 0.15) is 19.4 Å². The van der Waals surface area contributed by atoms with E-state index in [0.29, 0.717) is 18.7 Å². The lowest BCUT2D eigenvalue weighted by atomic mass is 10.2. The predicted octanol–water partition coefficient (Wildman–Crippen LogP) is 0.465. The number of nitrogens with zero attached hydrogens (tertiary/aromatic N) is 2. The molecule has 0 aliphatic heterocycles. The summed E-state index contributed by atoms with van der Waals surface area (Å²) < 4.78 is 10.1. The zero-order valence-electron chi connectivity index (χ0n) is 14.3. The van der Waals surface area contributed by atoms with Crippen molar-refractivity contribution in [2.75, 3.05) is 32.8 Å². The molecule has 0 heterocycles. The maximum Gasteiger partial charge on any atom is 0.344 e. The number of likely N-dealkylation sites (N-methyl/N-ethyl adjacent to an activating group) is 2. The molecule has 1 aromatic carbocycles. The van der Waals surface area contributed by atoms with E-state index in [9.17, 15) is 14.4 Å². The van der Waals surface area contributed by atoms with Gasteiger partial charge in [0, 0.05) is 13.1 Å². The summed E-state index contributed by atoms with van der Waals surface area (Å²) in [7, 11) is 0. The lowest BCUT2D eigenvalue weighted by Crippen LogP contribution is -2.42. The van der Waals surface area contributed by atoms with Gasteiger partial charge in [0.15, 0.2) is 13.2 Å². The number of nitrogens with one attached hydrogen (secondary N) is 1. The molecule has 0 saturated carbocycles. The first-order chi connectivity index (χ1) is 12.0. The van der Waals surface area contributed by atoms with Crippen LogP contribution in [-0.4, -0.2) is 55.5 Å². The number of ether oxygens (including phenoxy) is 2. The van der Waals surface area contributed by atoms with Crippen LogP contribution in [0.3, 0.4) is 0 Å². The third-order valence-corrected chi connectivity index (χ3v) is 3.15. The second-order valence-corrected chi connectivity index (χ2v) is 4.92. The average molecular weight is 347 g/mol. The van der Waals surface area contributed by atoms with Gasteiger partial charge in [0.1, 0.15) is 11.8 Å². The molecule has 0 aromatic heterocycles. The molecule has 0 bridgehead atoms. The number of carbonyl (C=O) groups excluding carboxylic acids is 3. The Bertz CT molecular complexity index is 654. The topological polar surface area (TPSA) is 109 Å². The van der Waals surface area contributed by atoms with Gasteiger partial charge < -0.3 is 19.7 Å². The summed E-state index contributed by atoms with van der Waals surface area (Å²) in [6.07, 6.45) is 0. The van der Waals surface area contributed by atoms with E-state index in [4.69, 9.17) is 14.7 Å². The van der Waals surface area contributed by atoms with Crippen LogP contribution in [-0.2, 0) is 19.1 Å². The van der Waals surface area contributed by atoms with Gasteiger partial charge in [0.2, 0.25) is 5.91 Å². The highest BCUT2D eigenvalue weighted by molar-refractivity contribution is 5.86. The molecule has 1 N–H and O–H groups in total. The Morgan fingerprint density at radius 2 is 1.92 bits per heavy atom. The summed E-state index contributed by atoms with van der Waals surface area (Å²) in [4.78, 5) is 36.5. The number of benzene rings is 1. The molecule has 0 aliphatic rings. The normalized spacial score (nSPS) is 9.64. The molecule has 134 valence electrons. The van der Waals surface area contributed by atoms with Crippen molar-refractivity contribution in [2.24, 2.45) is 0 Å². The van der Waals surface area contributed by atoms with Gasteiger partial charge in [-0.05, 0) is 26.0 Å². The maximum atomic E-state index is 12.0. The first-order valence-corrected chi connectivity index (χ1v) is 7.83. The van der Waals surface area contributed by atoms with Crippen LogP contribution < -0.4 is 10.1 Å². The molecule has 0 unspecified atom stereocenters. The fraction of sp³-hybridized carbons (Fsp3) is 0.412. The molecule has 1 aromatic rings. The van der Waals surface area contributed by atoms with Crippen molar-refractivity contribution in [3.8, 4) is 11.8 Å². The largest absolute Gasteiger partial charge is 0.481 e. The summed E-state index contributed by atoms with van der Waals surface area (Å²) in [5.74, 6) is -1.23. The first-order valence-electron chi connectivity index (χ1n) is 7.83. The van der Waals surface area contributed by atoms with Crippen molar-refractivity contribution in [3.05, 3.63) is 29.8 Å². The minimum absolute atomic E-state index is 0.0905. The molecule has 8 nitrogen and oxygen atoms in total.